The molecule has 0 aromatic heterocycles. The second-order valence-corrected chi connectivity index (χ2v) is 9.95. The molecule has 4 aliphatic carbocycles. The maximum atomic E-state index is 12.9. The Balaban J connectivity index is 1.57. The van der Waals surface area contributed by atoms with Crippen LogP contribution in [0.15, 0.2) is 28.7 Å². The summed E-state index contributed by atoms with van der Waals surface area (Å²) >= 11 is 7.40. The van der Waals surface area contributed by atoms with Gasteiger partial charge in [0.1, 0.15) is 0 Å². The second kappa shape index (κ2) is 4.82. The number of alkyl halides is 1. The van der Waals surface area contributed by atoms with E-state index in [-0.39, 0.29) is 15.6 Å². The predicted molar refractivity (Wildman–Crippen MR) is 91.5 cm³/mol. The van der Waals surface area contributed by atoms with Gasteiger partial charge in [0.2, 0.25) is 5.91 Å². The highest BCUT2D eigenvalue weighted by molar-refractivity contribution is 9.10. The highest BCUT2D eigenvalue weighted by Crippen LogP contribution is 2.64. The van der Waals surface area contributed by atoms with Crippen molar-refractivity contribution in [1.82, 2.24) is 0 Å². The third kappa shape index (κ3) is 2.48. The van der Waals surface area contributed by atoms with E-state index in [2.05, 4.69) is 37.2 Å². The van der Waals surface area contributed by atoms with Crippen LogP contribution >= 0.6 is 31.9 Å². The van der Waals surface area contributed by atoms with Crippen LogP contribution in [0.3, 0.4) is 0 Å². The molecule has 2 unspecified atom stereocenters. The molecule has 5 rings (SSSR count). The number of carbonyl (C=O) groups excluding carboxylic acids is 1. The fourth-order valence-corrected chi connectivity index (χ4v) is 6.93. The second-order valence-electron chi connectivity index (χ2n) is 7.35. The van der Waals surface area contributed by atoms with Gasteiger partial charge in [-0.25, -0.2) is 0 Å². The molecule has 2 nitrogen and oxygen atoms in total. The fraction of sp³-hybridized carbons (Fsp3) is 0.588. The number of rotatable bonds is 2. The smallest absolute Gasteiger partial charge is 0.230 e. The summed E-state index contributed by atoms with van der Waals surface area (Å²) in [5, 5.41) is 3.16. The standard InChI is InChI=1S/C17H19Br2NO/c18-13-1-3-14(4-2-13)20-15(21)16-6-11-5-12(7-16)9-17(19,8-11)10-16/h1-4,11-12H,5-10H2,(H,20,21). The Morgan fingerprint density at radius 3 is 2.29 bits per heavy atom. The van der Waals surface area contributed by atoms with E-state index in [1.54, 1.807) is 0 Å². The molecule has 0 aliphatic heterocycles. The molecule has 0 radical (unpaired) electrons. The van der Waals surface area contributed by atoms with Crippen LogP contribution in [0.5, 0.6) is 0 Å². The van der Waals surface area contributed by atoms with E-state index >= 15 is 0 Å². The molecular formula is C17H19Br2NO. The number of hydrogen-bond acceptors (Lipinski definition) is 1. The maximum absolute atomic E-state index is 12.9. The summed E-state index contributed by atoms with van der Waals surface area (Å²) in [4.78, 5) is 12.9. The van der Waals surface area contributed by atoms with Gasteiger partial charge in [-0.2, -0.15) is 0 Å². The average Bonchev–Trinajstić information content (AvgIpc) is 2.38. The Kier molecular flexibility index (Phi) is 3.27. The number of hydrogen-bond donors (Lipinski definition) is 1. The van der Waals surface area contributed by atoms with E-state index in [0.29, 0.717) is 0 Å². The average molecular weight is 413 g/mol. The van der Waals surface area contributed by atoms with Crippen LogP contribution in [0.1, 0.15) is 38.5 Å². The lowest BCUT2D eigenvalue weighted by Gasteiger charge is -2.59. The van der Waals surface area contributed by atoms with Crippen LogP contribution in [0.25, 0.3) is 0 Å². The normalized spacial score (nSPS) is 40.3. The Bertz CT molecular complexity index is 569. The molecule has 0 heterocycles. The van der Waals surface area contributed by atoms with Gasteiger partial charge in [-0.3, -0.25) is 4.79 Å². The van der Waals surface area contributed by atoms with E-state index in [0.717, 1.165) is 41.3 Å². The zero-order valence-corrected chi connectivity index (χ0v) is 15.0. The summed E-state index contributed by atoms with van der Waals surface area (Å²) in [6, 6.07) is 7.88. The van der Waals surface area contributed by atoms with Gasteiger partial charge in [0.25, 0.3) is 0 Å². The molecule has 21 heavy (non-hydrogen) atoms. The van der Waals surface area contributed by atoms with E-state index in [9.17, 15) is 4.79 Å². The van der Waals surface area contributed by atoms with E-state index < -0.39 is 0 Å². The molecule has 4 bridgehead atoms. The molecular weight excluding hydrogens is 394 g/mol. The monoisotopic (exact) mass is 411 g/mol. The lowest BCUT2D eigenvalue weighted by molar-refractivity contribution is -0.138. The third-order valence-electron chi connectivity index (χ3n) is 5.57. The van der Waals surface area contributed by atoms with Gasteiger partial charge >= 0.3 is 0 Å². The molecule has 1 N–H and O–H groups in total. The van der Waals surface area contributed by atoms with Crippen molar-refractivity contribution >= 4 is 43.5 Å². The first-order valence-electron chi connectivity index (χ1n) is 7.72. The first-order valence-corrected chi connectivity index (χ1v) is 9.31. The summed E-state index contributed by atoms with van der Waals surface area (Å²) in [5.41, 5.74) is 0.767. The van der Waals surface area contributed by atoms with Crippen molar-refractivity contribution in [3.8, 4) is 0 Å². The maximum Gasteiger partial charge on any atom is 0.230 e. The minimum Gasteiger partial charge on any atom is -0.326 e. The minimum atomic E-state index is -0.138. The Labute approximate surface area is 142 Å². The molecule has 2 atom stereocenters. The van der Waals surface area contributed by atoms with Crippen molar-refractivity contribution in [3.63, 3.8) is 0 Å². The number of benzene rings is 1. The van der Waals surface area contributed by atoms with Crippen LogP contribution in [0.4, 0.5) is 5.69 Å². The highest BCUT2D eigenvalue weighted by atomic mass is 79.9. The van der Waals surface area contributed by atoms with Crippen molar-refractivity contribution in [1.29, 1.82) is 0 Å². The summed E-state index contributed by atoms with van der Waals surface area (Å²) < 4.78 is 1.27. The molecule has 0 saturated heterocycles. The number of carbonyl (C=O) groups is 1. The molecule has 0 spiro atoms. The lowest BCUT2D eigenvalue weighted by Crippen LogP contribution is -2.57. The number of nitrogens with one attached hydrogen (secondary N) is 1. The topological polar surface area (TPSA) is 29.1 Å². The number of amides is 1. The molecule has 112 valence electrons. The van der Waals surface area contributed by atoms with Gasteiger partial charge < -0.3 is 5.32 Å². The summed E-state index contributed by atoms with van der Waals surface area (Å²) in [7, 11) is 0. The highest BCUT2D eigenvalue weighted by Gasteiger charge is 2.59. The summed E-state index contributed by atoms with van der Waals surface area (Å²) in [6.07, 6.45) is 7.03. The van der Waals surface area contributed by atoms with Crippen molar-refractivity contribution in [2.45, 2.75) is 42.8 Å². The quantitative estimate of drug-likeness (QED) is 0.671. The van der Waals surface area contributed by atoms with Crippen LogP contribution in [0.2, 0.25) is 0 Å². The Hall–Kier alpha value is -0.350. The molecule has 4 heteroatoms. The Morgan fingerprint density at radius 1 is 1.10 bits per heavy atom. The van der Waals surface area contributed by atoms with Crippen LogP contribution in [-0.4, -0.2) is 10.2 Å². The van der Waals surface area contributed by atoms with E-state index in [1.807, 2.05) is 24.3 Å². The summed E-state index contributed by atoms with van der Waals surface area (Å²) in [5.74, 6) is 1.71. The summed E-state index contributed by atoms with van der Waals surface area (Å²) in [6.45, 7) is 0. The lowest BCUT2D eigenvalue weighted by atomic mass is 9.49. The van der Waals surface area contributed by atoms with E-state index in [4.69, 9.17) is 0 Å². The fourth-order valence-electron chi connectivity index (χ4n) is 5.21. The van der Waals surface area contributed by atoms with Crippen LogP contribution < -0.4 is 5.32 Å². The van der Waals surface area contributed by atoms with Crippen molar-refractivity contribution in [2.24, 2.45) is 17.3 Å². The molecule has 4 fully saturated rings. The predicted octanol–water partition coefficient (Wildman–Crippen LogP) is 5.12. The van der Waals surface area contributed by atoms with Crippen molar-refractivity contribution < 1.29 is 4.79 Å². The van der Waals surface area contributed by atoms with Crippen LogP contribution in [-0.2, 0) is 4.79 Å². The molecule has 1 aromatic carbocycles. The number of halogens is 2. The molecule has 1 amide bonds. The zero-order chi connectivity index (χ0) is 14.7. The van der Waals surface area contributed by atoms with Crippen molar-refractivity contribution in [2.75, 3.05) is 5.32 Å². The minimum absolute atomic E-state index is 0.138. The van der Waals surface area contributed by atoms with Gasteiger partial charge in [-0.15, -0.1) is 0 Å². The van der Waals surface area contributed by atoms with Crippen LogP contribution in [0, 0.1) is 17.3 Å². The molecule has 4 aliphatic rings. The van der Waals surface area contributed by atoms with Gasteiger partial charge in [-0.1, -0.05) is 31.9 Å². The molecule has 1 aromatic rings. The van der Waals surface area contributed by atoms with Gasteiger partial charge in [0, 0.05) is 14.5 Å². The van der Waals surface area contributed by atoms with Gasteiger partial charge in [0.05, 0.1) is 5.41 Å². The molecule has 4 saturated carbocycles. The Morgan fingerprint density at radius 2 is 1.71 bits per heavy atom. The van der Waals surface area contributed by atoms with Gasteiger partial charge in [0.15, 0.2) is 0 Å². The third-order valence-corrected chi connectivity index (χ3v) is 7.03. The number of anilines is 1. The first-order chi connectivity index (χ1) is 9.96. The van der Waals surface area contributed by atoms with Crippen molar-refractivity contribution in [3.05, 3.63) is 28.7 Å². The SMILES string of the molecule is O=C(Nc1ccc(Br)cc1)C12CC3CC(CC(Br)(C3)C1)C2. The first kappa shape index (κ1) is 14.3. The van der Waals surface area contributed by atoms with Gasteiger partial charge in [-0.05, 0) is 74.6 Å². The largest absolute Gasteiger partial charge is 0.326 e. The van der Waals surface area contributed by atoms with E-state index in [1.165, 1.54) is 19.3 Å². The zero-order valence-electron chi connectivity index (χ0n) is 11.9.